The predicted octanol–water partition coefficient (Wildman–Crippen LogP) is 4.68. The zero-order valence-electron chi connectivity index (χ0n) is 9.87. The highest BCUT2D eigenvalue weighted by molar-refractivity contribution is 6.30. The summed E-state index contributed by atoms with van der Waals surface area (Å²) in [5.41, 5.74) is 1.03. The van der Waals surface area contributed by atoms with Crippen molar-refractivity contribution >= 4 is 17.3 Å². The fourth-order valence-corrected chi connectivity index (χ4v) is 1.43. The summed E-state index contributed by atoms with van der Waals surface area (Å²) >= 11 is 5.77. The van der Waals surface area contributed by atoms with E-state index in [1.165, 1.54) is 19.3 Å². The van der Waals surface area contributed by atoms with Gasteiger partial charge in [-0.05, 0) is 44.0 Å². The van der Waals surface area contributed by atoms with Crippen LogP contribution in [0.25, 0.3) is 0 Å². The zero-order valence-corrected chi connectivity index (χ0v) is 10.6. The van der Waals surface area contributed by atoms with Crippen molar-refractivity contribution in [1.82, 2.24) is 0 Å². The van der Waals surface area contributed by atoms with Gasteiger partial charge in [-0.25, -0.2) is 0 Å². The smallest absolute Gasteiger partial charge is 0.158 e. The molecular formula is C13H18ClNO. The summed E-state index contributed by atoms with van der Waals surface area (Å²) in [6.07, 6.45) is 4.65. The number of rotatable bonds is 6. The van der Waals surface area contributed by atoms with Crippen molar-refractivity contribution in [2.75, 3.05) is 0 Å². The second-order valence-electron chi connectivity index (χ2n) is 3.83. The SMILES string of the molecule is CCCCC/C(C)=N/Oc1ccc(Cl)cc1. The molecule has 1 rings (SSSR count). The summed E-state index contributed by atoms with van der Waals surface area (Å²) in [6.45, 7) is 4.18. The molecule has 1 aromatic carbocycles. The summed E-state index contributed by atoms with van der Waals surface area (Å²) in [5.74, 6) is 0.722. The molecule has 2 nitrogen and oxygen atoms in total. The molecular weight excluding hydrogens is 222 g/mol. The highest BCUT2D eigenvalue weighted by Crippen LogP contribution is 2.15. The molecule has 1 aromatic rings. The first-order chi connectivity index (χ1) is 7.72. The summed E-state index contributed by atoms with van der Waals surface area (Å²) in [5, 5.41) is 4.77. The van der Waals surface area contributed by atoms with Crippen molar-refractivity contribution in [2.45, 2.75) is 39.5 Å². The summed E-state index contributed by atoms with van der Waals surface area (Å²) in [6, 6.07) is 7.20. The molecule has 0 N–H and O–H groups in total. The Bertz CT molecular complexity index is 332. The van der Waals surface area contributed by atoms with E-state index in [9.17, 15) is 0 Å². The third-order valence-electron chi connectivity index (χ3n) is 2.26. The largest absolute Gasteiger partial charge is 0.357 e. The second kappa shape index (κ2) is 7.29. The third kappa shape index (κ3) is 5.17. The van der Waals surface area contributed by atoms with Gasteiger partial charge in [-0.2, -0.15) is 0 Å². The molecule has 0 spiro atoms. The second-order valence-corrected chi connectivity index (χ2v) is 4.27. The van der Waals surface area contributed by atoms with Gasteiger partial charge in [-0.15, -0.1) is 0 Å². The van der Waals surface area contributed by atoms with Crippen LogP contribution in [0.3, 0.4) is 0 Å². The third-order valence-corrected chi connectivity index (χ3v) is 2.51. The molecule has 0 aliphatic heterocycles. The van der Waals surface area contributed by atoms with Gasteiger partial charge in [0.05, 0.1) is 5.71 Å². The van der Waals surface area contributed by atoms with Crippen LogP contribution < -0.4 is 4.84 Å². The molecule has 0 heterocycles. The van der Waals surface area contributed by atoms with E-state index in [2.05, 4.69) is 12.1 Å². The molecule has 0 amide bonds. The van der Waals surface area contributed by atoms with Gasteiger partial charge in [0.2, 0.25) is 0 Å². The molecule has 0 bridgehead atoms. The minimum absolute atomic E-state index is 0.705. The fourth-order valence-electron chi connectivity index (χ4n) is 1.30. The molecule has 16 heavy (non-hydrogen) atoms. The van der Waals surface area contributed by atoms with Crippen molar-refractivity contribution in [2.24, 2.45) is 5.16 Å². The van der Waals surface area contributed by atoms with E-state index in [4.69, 9.17) is 16.4 Å². The Morgan fingerprint density at radius 1 is 1.25 bits per heavy atom. The quantitative estimate of drug-likeness (QED) is 0.401. The summed E-state index contributed by atoms with van der Waals surface area (Å²) in [4.78, 5) is 5.28. The van der Waals surface area contributed by atoms with E-state index in [1.54, 1.807) is 12.1 Å². The van der Waals surface area contributed by atoms with Crippen LogP contribution in [0.4, 0.5) is 0 Å². The van der Waals surface area contributed by atoms with Crippen LogP contribution in [0.15, 0.2) is 29.4 Å². The topological polar surface area (TPSA) is 21.6 Å². The molecule has 0 radical (unpaired) electrons. The summed E-state index contributed by atoms with van der Waals surface area (Å²) in [7, 11) is 0. The van der Waals surface area contributed by atoms with E-state index in [-0.39, 0.29) is 0 Å². The molecule has 0 fully saturated rings. The molecule has 0 unspecified atom stereocenters. The average Bonchev–Trinajstić information content (AvgIpc) is 2.29. The van der Waals surface area contributed by atoms with Gasteiger partial charge in [0.1, 0.15) is 0 Å². The molecule has 88 valence electrons. The van der Waals surface area contributed by atoms with Crippen molar-refractivity contribution in [3.63, 3.8) is 0 Å². The first-order valence-electron chi connectivity index (χ1n) is 5.68. The van der Waals surface area contributed by atoms with Gasteiger partial charge in [0.25, 0.3) is 0 Å². The van der Waals surface area contributed by atoms with E-state index in [0.717, 1.165) is 17.9 Å². The lowest BCUT2D eigenvalue weighted by Crippen LogP contribution is -1.95. The lowest BCUT2D eigenvalue weighted by Gasteiger charge is -2.01. The van der Waals surface area contributed by atoms with Crippen LogP contribution in [0.2, 0.25) is 5.02 Å². The van der Waals surface area contributed by atoms with Gasteiger partial charge in [-0.3, -0.25) is 0 Å². The van der Waals surface area contributed by atoms with E-state index in [1.807, 2.05) is 19.1 Å². The first kappa shape index (κ1) is 13.0. The van der Waals surface area contributed by atoms with Crippen molar-refractivity contribution in [3.8, 4) is 5.75 Å². The molecule has 0 aliphatic rings. The zero-order chi connectivity index (χ0) is 11.8. The Morgan fingerprint density at radius 2 is 1.94 bits per heavy atom. The number of nitrogens with zero attached hydrogens (tertiary/aromatic N) is 1. The van der Waals surface area contributed by atoms with E-state index < -0.39 is 0 Å². The van der Waals surface area contributed by atoms with E-state index in [0.29, 0.717) is 5.02 Å². The van der Waals surface area contributed by atoms with Gasteiger partial charge >= 0.3 is 0 Å². The first-order valence-corrected chi connectivity index (χ1v) is 6.06. The van der Waals surface area contributed by atoms with E-state index >= 15 is 0 Å². The Labute approximate surface area is 102 Å². The van der Waals surface area contributed by atoms with Gasteiger partial charge in [-0.1, -0.05) is 36.5 Å². The molecule has 0 saturated carbocycles. The number of halogens is 1. The monoisotopic (exact) mass is 239 g/mol. The molecule has 0 saturated heterocycles. The Kier molecular flexibility index (Phi) is 5.94. The lowest BCUT2D eigenvalue weighted by atomic mass is 10.1. The van der Waals surface area contributed by atoms with Crippen LogP contribution in [-0.2, 0) is 0 Å². The minimum atomic E-state index is 0.705. The minimum Gasteiger partial charge on any atom is -0.357 e. The maximum absolute atomic E-state index is 5.77. The van der Waals surface area contributed by atoms with Crippen LogP contribution in [0.1, 0.15) is 39.5 Å². The summed E-state index contributed by atoms with van der Waals surface area (Å²) < 4.78 is 0. The number of unbranched alkanes of at least 4 members (excludes halogenated alkanes) is 2. The number of hydrogen-bond donors (Lipinski definition) is 0. The normalized spacial score (nSPS) is 11.6. The van der Waals surface area contributed by atoms with Crippen LogP contribution >= 0.6 is 11.6 Å². The number of oxime groups is 1. The van der Waals surface area contributed by atoms with Crippen molar-refractivity contribution in [1.29, 1.82) is 0 Å². The van der Waals surface area contributed by atoms with Crippen molar-refractivity contribution in [3.05, 3.63) is 29.3 Å². The maximum atomic E-state index is 5.77. The Balaban J connectivity index is 2.37. The molecule has 0 aliphatic carbocycles. The standard InChI is InChI=1S/C13H18ClNO/c1-3-4-5-6-11(2)15-16-13-9-7-12(14)8-10-13/h7-10H,3-6H2,1-2H3/b15-11+. The fraction of sp³-hybridized carbons (Fsp3) is 0.462. The van der Waals surface area contributed by atoms with Gasteiger partial charge in [0.15, 0.2) is 5.75 Å². The van der Waals surface area contributed by atoms with Gasteiger partial charge < -0.3 is 4.84 Å². The molecule has 0 aromatic heterocycles. The molecule has 0 atom stereocenters. The molecule has 3 heteroatoms. The average molecular weight is 240 g/mol. The Hall–Kier alpha value is -1.02. The van der Waals surface area contributed by atoms with Crippen molar-refractivity contribution < 1.29 is 4.84 Å². The van der Waals surface area contributed by atoms with Crippen LogP contribution in [0.5, 0.6) is 5.75 Å². The number of hydrogen-bond acceptors (Lipinski definition) is 2. The Morgan fingerprint density at radius 3 is 2.56 bits per heavy atom. The van der Waals surface area contributed by atoms with Crippen LogP contribution in [-0.4, -0.2) is 5.71 Å². The van der Waals surface area contributed by atoms with Crippen LogP contribution in [0, 0.1) is 0 Å². The predicted molar refractivity (Wildman–Crippen MR) is 69.3 cm³/mol. The maximum Gasteiger partial charge on any atom is 0.158 e. The lowest BCUT2D eigenvalue weighted by molar-refractivity contribution is 0.339. The van der Waals surface area contributed by atoms with Gasteiger partial charge in [0, 0.05) is 5.02 Å². The highest BCUT2D eigenvalue weighted by atomic mass is 35.5. The number of benzene rings is 1. The highest BCUT2D eigenvalue weighted by Gasteiger charge is 1.95.